The maximum Gasteiger partial charge on any atom is 0.255 e. The minimum Gasteiger partial charge on any atom is -0.359 e. The molecule has 7 nitrogen and oxygen atoms in total. The Hall–Kier alpha value is -3.74. The molecule has 0 radical (unpaired) electrons. The van der Waals surface area contributed by atoms with Crippen molar-refractivity contribution in [2.45, 2.75) is 41.0 Å². The van der Waals surface area contributed by atoms with Gasteiger partial charge in [-0.05, 0) is 24.3 Å². The summed E-state index contributed by atoms with van der Waals surface area (Å²) in [6, 6.07) is 18.6. The molecule has 0 aliphatic heterocycles. The second-order valence-electron chi connectivity index (χ2n) is 6.12. The number of rotatable bonds is 4. The third-order valence-electron chi connectivity index (χ3n) is 3.33. The monoisotopic (exact) mass is 437 g/mol. The summed E-state index contributed by atoms with van der Waals surface area (Å²) in [5, 5.41) is 8.23. The fourth-order valence-corrected chi connectivity index (χ4v) is 1.90. The molecule has 3 aromatic rings. The first-order valence-electron chi connectivity index (χ1n) is 10.7. The van der Waals surface area contributed by atoms with Gasteiger partial charge in [0.1, 0.15) is 0 Å². The van der Waals surface area contributed by atoms with Gasteiger partial charge in [0.2, 0.25) is 11.9 Å². The lowest BCUT2D eigenvalue weighted by atomic mass is 10.2. The largest absolute Gasteiger partial charge is 0.359 e. The topological polar surface area (TPSA) is 96.0 Å². The lowest BCUT2D eigenvalue weighted by Crippen LogP contribution is -2.12. The van der Waals surface area contributed by atoms with Gasteiger partial charge in [0.25, 0.3) is 5.91 Å². The summed E-state index contributed by atoms with van der Waals surface area (Å²) in [6.07, 6.45) is 4.39. The number of hydrogen-bond acceptors (Lipinski definition) is 5. The van der Waals surface area contributed by atoms with E-state index in [-0.39, 0.29) is 11.8 Å². The number of carbonyl (C=O) groups excluding carboxylic acids is 2. The first kappa shape index (κ1) is 28.3. The second-order valence-corrected chi connectivity index (χ2v) is 6.12. The molecule has 0 aliphatic rings. The van der Waals surface area contributed by atoms with E-state index in [2.05, 4.69) is 39.8 Å². The van der Waals surface area contributed by atoms with Crippen molar-refractivity contribution in [2.24, 2.45) is 0 Å². The van der Waals surface area contributed by atoms with Gasteiger partial charge in [0.15, 0.2) is 0 Å². The van der Waals surface area contributed by atoms with Gasteiger partial charge in [-0.2, -0.15) is 0 Å². The van der Waals surface area contributed by atoms with E-state index in [1.54, 1.807) is 31.6 Å². The van der Waals surface area contributed by atoms with Crippen molar-refractivity contribution in [1.82, 2.24) is 15.3 Å². The lowest BCUT2D eigenvalue weighted by molar-refractivity contribution is -0.118. The van der Waals surface area contributed by atoms with E-state index in [0.717, 1.165) is 5.69 Å². The number of anilines is 3. The fourth-order valence-electron chi connectivity index (χ4n) is 1.90. The van der Waals surface area contributed by atoms with Gasteiger partial charge in [0.05, 0.1) is 18.1 Å². The van der Waals surface area contributed by atoms with E-state index in [1.807, 2.05) is 62.4 Å². The molecule has 1 heterocycles. The minimum absolute atomic E-state index is 0.00463. The molecule has 1 aromatic heterocycles. The molecule has 3 N–H and O–H groups in total. The molecule has 0 spiro atoms. The van der Waals surface area contributed by atoms with E-state index in [1.165, 1.54) is 13.3 Å². The van der Waals surface area contributed by atoms with Crippen molar-refractivity contribution in [2.75, 3.05) is 17.7 Å². The highest BCUT2D eigenvalue weighted by molar-refractivity contribution is 6.04. The highest BCUT2D eigenvalue weighted by Crippen LogP contribution is 2.13. The van der Waals surface area contributed by atoms with Crippen LogP contribution in [0.2, 0.25) is 0 Å². The van der Waals surface area contributed by atoms with Crippen LogP contribution >= 0.6 is 0 Å². The molecule has 0 fully saturated rings. The Morgan fingerprint density at radius 3 is 1.69 bits per heavy atom. The Labute approximate surface area is 191 Å². The van der Waals surface area contributed by atoms with Crippen LogP contribution in [-0.4, -0.2) is 28.8 Å². The Balaban J connectivity index is 0.000000822. The molecule has 0 bridgehead atoms. The van der Waals surface area contributed by atoms with Crippen LogP contribution in [0.1, 0.15) is 51.4 Å². The predicted octanol–water partition coefficient (Wildman–Crippen LogP) is 5.67. The molecule has 32 heavy (non-hydrogen) atoms. The van der Waals surface area contributed by atoms with Crippen molar-refractivity contribution >= 4 is 29.1 Å². The van der Waals surface area contributed by atoms with Crippen molar-refractivity contribution in [3.63, 3.8) is 0 Å². The van der Waals surface area contributed by atoms with Crippen LogP contribution in [0.15, 0.2) is 73.1 Å². The van der Waals surface area contributed by atoms with Crippen LogP contribution in [0.3, 0.4) is 0 Å². The molecule has 2 aromatic carbocycles. The van der Waals surface area contributed by atoms with Crippen LogP contribution < -0.4 is 16.0 Å². The van der Waals surface area contributed by atoms with Gasteiger partial charge in [-0.1, -0.05) is 70.5 Å². The first-order valence-corrected chi connectivity index (χ1v) is 10.7. The van der Waals surface area contributed by atoms with E-state index in [9.17, 15) is 9.59 Å². The van der Waals surface area contributed by atoms with E-state index in [4.69, 9.17) is 0 Å². The number of benzene rings is 2. The number of nitrogens with zero attached hydrogens (tertiary/aromatic N) is 2. The van der Waals surface area contributed by atoms with E-state index in [0.29, 0.717) is 17.2 Å². The zero-order valence-corrected chi connectivity index (χ0v) is 19.8. The SMILES string of the molecule is CC.CCC.CNC(C)=O.O=C(Nc1cnc(Nc2ccccc2)nc1)c1ccccc1. The van der Waals surface area contributed by atoms with Crippen LogP contribution in [0.5, 0.6) is 0 Å². The molecule has 0 unspecified atom stereocenters. The van der Waals surface area contributed by atoms with Crippen molar-refractivity contribution in [1.29, 1.82) is 0 Å². The zero-order chi connectivity index (χ0) is 24.2. The van der Waals surface area contributed by atoms with E-state index < -0.39 is 0 Å². The van der Waals surface area contributed by atoms with Gasteiger partial charge in [0, 0.05) is 25.2 Å². The minimum atomic E-state index is -0.187. The fraction of sp³-hybridized carbons (Fsp3) is 0.280. The average Bonchev–Trinajstić information content (AvgIpc) is 2.84. The smallest absolute Gasteiger partial charge is 0.255 e. The number of nitrogens with one attached hydrogen (secondary N) is 3. The quantitative estimate of drug-likeness (QED) is 0.489. The number of amides is 2. The lowest BCUT2D eigenvalue weighted by Gasteiger charge is -2.07. The summed E-state index contributed by atoms with van der Waals surface area (Å²) in [5.74, 6) is 0.293. The van der Waals surface area contributed by atoms with Crippen molar-refractivity contribution < 1.29 is 9.59 Å². The van der Waals surface area contributed by atoms with Crippen LogP contribution in [0.25, 0.3) is 0 Å². The third kappa shape index (κ3) is 12.7. The number of hydrogen-bond donors (Lipinski definition) is 3. The molecule has 0 saturated heterocycles. The maximum absolute atomic E-state index is 12.0. The average molecular weight is 438 g/mol. The summed E-state index contributed by atoms with van der Waals surface area (Å²) in [5.41, 5.74) is 2.05. The first-order chi connectivity index (χ1) is 15.5. The molecule has 2 amide bonds. The molecular weight excluding hydrogens is 402 g/mol. The molecule has 0 atom stereocenters. The van der Waals surface area contributed by atoms with Gasteiger partial charge in [-0.3, -0.25) is 9.59 Å². The highest BCUT2D eigenvalue weighted by Gasteiger charge is 2.06. The zero-order valence-electron chi connectivity index (χ0n) is 19.8. The van der Waals surface area contributed by atoms with Gasteiger partial charge in [-0.25, -0.2) is 9.97 Å². The van der Waals surface area contributed by atoms with Crippen LogP contribution in [0, 0.1) is 0 Å². The van der Waals surface area contributed by atoms with Gasteiger partial charge >= 0.3 is 0 Å². The maximum atomic E-state index is 12.0. The van der Waals surface area contributed by atoms with Crippen LogP contribution in [0.4, 0.5) is 17.3 Å². The third-order valence-corrected chi connectivity index (χ3v) is 3.33. The Morgan fingerprint density at radius 1 is 0.812 bits per heavy atom. The standard InChI is InChI=1S/C17H14N4O.C3H7NO.C3H8.C2H6/c22-16(13-7-3-1-4-8-13)20-15-11-18-17(19-12-15)21-14-9-5-2-6-10-14;1-3(5)4-2;1-3-2;1-2/h1-12H,(H,20,22)(H,18,19,21);1-2H3,(H,4,5);3H2,1-2H3;1-2H3. The summed E-state index contributed by atoms with van der Waals surface area (Å²) in [6.45, 7) is 9.72. The van der Waals surface area contributed by atoms with Gasteiger partial charge < -0.3 is 16.0 Å². The molecule has 0 saturated carbocycles. The molecule has 7 heteroatoms. The van der Waals surface area contributed by atoms with Gasteiger partial charge in [-0.15, -0.1) is 0 Å². The van der Waals surface area contributed by atoms with Crippen molar-refractivity contribution in [3.05, 3.63) is 78.6 Å². The molecular formula is C25H35N5O2. The molecule has 0 aliphatic carbocycles. The number of para-hydroxylation sites is 1. The number of carbonyl (C=O) groups is 2. The summed E-state index contributed by atoms with van der Waals surface area (Å²) in [7, 11) is 1.60. The summed E-state index contributed by atoms with van der Waals surface area (Å²) in [4.78, 5) is 30.1. The Kier molecular flexibility index (Phi) is 16.0. The Morgan fingerprint density at radius 2 is 1.25 bits per heavy atom. The summed E-state index contributed by atoms with van der Waals surface area (Å²) < 4.78 is 0. The molecule has 3 rings (SSSR count). The Bertz CT molecular complexity index is 870. The normalized spacial score (nSPS) is 8.69. The second kappa shape index (κ2) is 18.1. The summed E-state index contributed by atoms with van der Waals surface area (Å²) >= 11 is 0. The highest BCUT2D eigenvalue weighted by atomic mass is 16.2. The molecule has 172 valence electrons. The van der Waals surface area contributed by atoms with Crippen LogP contribution in [-0.2, 0) is 4.79 Å². The predicted molar refractivity (Wildman–Crippen MR) is 133 cm³/mol. The van der Waals surface area contributed by atoms with Crippen molar-refractivity contribution in [3.8, 4) is 0 Å². The van der Waals surface area contributed by atoms with E-state index >= 15 is 0 Å². The number of aromatic nitrogens is 2.